The Labute approximate surface area is 161 Å². The second-order valence-corrected chi connectivity index (χ2v) is 8.31. The Morgan fingerprint density at radius 1 is 1.11 bits per heavy atom. The molecule has 1 amide bonds. The number of amides is 1. The lowest BCUT2D eigenvalue weighted by atomic mass is 10.0. The molecule has 1 heterocycles. The van der Waals surface area contributed by atoms with Gasteiger partial charge in [-0.1, -0.05) is 36.4 Å². The summed E-state index contributed by atoms with van der Waals surface area (Å²) in [6.45, 7) is 6.14. The average Bonchev–Trinajstić information content (AvgIpc) is 3.46. The smallest absolute Gasteiger partial charge is 0.253 e. The highest BCUT2D eigenvalue weighted by Crippen LogP contribution is 2.45. The number of fused-ring (bicyclic) bond motifs is 1. The van der Waals surface area contributed by atoms with Gasteiger partial charge in [0.2, 0.25) is 0 Å². The summed E-state index contributed by atoms with van der Waals surface area (Å²) < 4.78 is 0. The third-order valence-corrected chi connectivity index (χ3v) is 6.09. The zero-order valence-electron chi connectivity index (χ0n) is 16.0. The Bertz CT molecular complexity index is 810. The summed E-state index contributed by atoms with van der Waals surface area (Å²) in [4.78, 5) is 17.4. The minimum absolute atomic E-state index is 0.203. The van der Waals surface area contributed by atoms with Crippen molar-refractivity contribution >= 4 is 16.7 Å². The lowest BCUT2D eigenvalue weighted by Gasteiger charge is -2.35. The number of hydrogen-bond acceptors (Lipinski definition) is 4. The fourth-order valence-electron chi connectivity index (χ4n) is 3.95. The maximum Gasteiger partial charge on any atom is 0.253 e. The van der Waals surface area contributed by atoms with Crippen molar-refractivity contribution in [2.45, 2.75) is 18.9 Å². The van der Waals surface area contributed by atoms with Gasteiger partial charge < -0.3 is 20.2 Å². The molecule has 1 aliphatic carbocycles. The number of likely N-dealkylation sites (N-methyl/N-ethyl adjacent to an activating group) is 1. The van der Waals surface area contributed by atoms with Crippen LogP contribution in [0.5, 0.6) is 0 Å². The summed E-state index contributed by atoms with van der Waals surface area (Å²) in [5.41, 5.74) is 0.851. The van der Waals surface area contributed by atoms with Crippen LogP contribution in [0.1, 0.15) is 24.5 Å². The Kier molecular flexibility index (Phi) is 5.17. The number of aliphatic hydroxyl groups is 1. The van der Waals surface area contributed by atoms with E-state index in [1.54, 1.807) is 0 Å². The van der Waals surface area contributed by atoms with Gasteiger partial charge in [-0.15, -0.1) is 0 Å². The van der Waals surface area contributed by atoms with Crippen LogP contribution in [0.3, 0.4) is 0 Å². The molecule has 1 atom stereocenters. The SMILES string of the molecule is CN1CCN(CC2(CNC(=O)[C@H](O)c3ccc4ccccc4c3)CC2)CC1. The summed E-state index contributed by atoms with van der Waals surface area (Å²) in [5, 5.41) is 15.6. The third kappa shape index (κ3) is 4.32. The highest BCUT2D eigenvalue weighted by atomic mass is 16.3. The molecule has 1 saturated carbocycles. The van der Waals surface area contributed by atoms with Gasteiger partial charge in [0, 0.05) is 44.7 Å². The molecule has 0 bridgehead atoms. The zero-order valence-corrected chi connectivity index (χ0v) is 16.0. The Morgan fingerprint density at radius 2 is 1.81 bits per heavy atom. The normalized spacial score (nSPS) is 21.1. The molecule has 2 aromatic rings. The lowest BCUT2D eigenvalue weighted by Crippen LogP contribution is -2.48. The number of carbonyl (C=O) groups is 1. The molecule has 0 unspecified atom stereocenters. The maximum absolute atomic E-state index is 12.5. The first-order chi connectivity index (χ1) is 13.0. The predicted octanol–water partition coefficient (Wildman–Crippen LogP) is 2.02. The summed E-state index contributed by atoms with van der Waals surface area (Å²) in [6, 6.07) is 13.7. The van der Waals surface area contributed by atoms with Crippen LogP contribution in [0.2, 0.25) is 0 Å². The molecule has 0 spiro atoms. The van der Waals surface area contributed by atoms with Crippen LogP contribution >= 0.6 is 0 Å². The van der Waals surface area contributed by atoms with E-state index < -0.39 is 6.10 Å². The molecule has 2 aliphatic rings. The maximum atomic E-state index is 12.5. The molecule has 2 fully saturated rings. The molecule has 27 heavy (non-hydrogen) atoms. The van der Waals surface area contributed by atoms with Crippen LogP contribution in [-0.2, 0) is 4.79 Å². The molecule has 1 saturated heterocycles. The van der Waals surface area contributed by atoms with Gasteiger partial charge in [-0.2, -0.15) is 0 Å². The molecular formula is C22H29N3O2. The first-order valence-electron chi connectivity index (χ1n) is 9.90. The van der Waals surface area contributed by atoms with Crippen molar-refractivity contribution in [1.82, 2.24) is 15.1 Å². The van der Waals surface area contributed by atoms with Gasteiger partial charge in [0.25, 0.3) is 5.91 Å². The Hall–Kier alpha value is -1.95. The highest BCUT2D eigenvalue weighted by molar-refractivity contribution is 5.86. The number of piperazine rings is 1. The van der Waals surface area contributed by atoms with Crippen LogP contribution in [0, 0.1) is 5.41 Å². The minimum Gasteiger partial charge on any atom is -0.378 e. The minimum atomic E-state index is -1.12. The Balaban J connectivity index is 1.33. The first-order valence-corrected chi connectivity index (χ1v) is 9.90. The van der Waals surface area contributed by atoms with Gasteiger partial charge in [0.05, 0.1) is 0 Å². The van der Waals surface area contributed by atoms with Gasteiger partial charge in [-0.25, -0.2) is 0 Å². The van der Waals surface area contributed by atoms with Crippen molar-refractivity contribution in [3.63, 3.8) is 0 Å². The third-order valence-electron chi connectivity index (χ3n) is 6.09. The number of carbonyl (C=O) groups excluding carboxylic acids is 1. The quantitative estimate of drug-likeness (QED) is 0.820. The molecule has 2 N–H and O–H groups in total. The fraction of sp³-hybridized carbons (Fsp3) is 0.500. The summed E-state index contributed by atoms with van der Waals surface area (Å²) in [6.07, 6.45) is 1.20. The van der Waals surface area contributed by atoms with E-state index in [-0.39, 0.29) is 11.3 Å². The molecule has 4 rings (SSSR count). The van der Waals surface area contributed by atoms with E-state index in [0.717, 1.165) is 56.3 Å². The van der Waals surface area contributed by atoms with Crippen LogP contribution in [0.15, 0.2) is 42.5 Å². The highest BCUT2D eigenvalue weighted by Gasteiger charge is 2.44. The average molecular weight is 367 g/mol. The van der Waals surface area contributed by atoms with Crippen molar-refractivity contribution < 1.29 is 9.90 Å². The summed E-state index contributed by atoms with van der Waals surface area (Å²) >= 11 is 0. The van der Waals surface area contributed by atoms with Gasteiger partial charge >= 0.3 is 0 Å². The van der Waals surface area contributed by atoms with Crippen molar-refractivity contribution in [1.29, 1.82) is 0 Å². The van der Waals surface area contributed by atoms with Crippen molar-refractivity contribution in [3.05, 3.63) is 48.0 Å². The number of hydrogen-bond donors (Lipinski definition) is 2. The molecule has 144 valence electrons. The van der Waals surface area contributed by atoms with Crippen LogP contribution < -0.4 is 5.32 Å². The van der Waals surface area contributed by atoms with Gasteiger partial charge in [0.1, 0.15) is 0 Å². The van der Waals surface area contributed by atoms with Gasteiger partial charge in [-0.3, -0.25) is 4.79 Å². The van der Waals surface area contributed by atoms with E-state index in [1.807, 2.05) is 42.5 Å². The molecule has 1 aliphatic heterocycles. The number of aliphatic hydroxyl groups excluding tert-OH is 1. The Morgan fingerprint density at radius 3 is 2.52 bits per heavy atom. The fourth-order valence-corrected chi connectivity index (χ4v) is 3.95. The number of benzene rings is 2. The molecule has 5 nitrogen and oxygen atoms in total. The molecule has 5 heteroatoms. The van der Waals surface area contributed by atoms with E-state index in [1.165, 1.54) is 0 Å². The standard InChI is InChI=1S/C22H29N3O2/c1-24-10-12-25(13-11-24)16-22(8-9-22)15-23-21(27)20(26)19-7-6-17-4-2-3-5-18(17)14-19/h2-7,14,20,26H,8-13,15-16H2,1H3,(H,23,27)/t20-/m1/s1. The largest absolute Gasteiger partial charge is 0.378 e. The van der Waals surface area contributed by atoms with Gasteiger partial charge in [-0.05, 0) is 42.3 Å². The van der Waals surface area contributed by atoms with Gasteiger partial charge in [0.15, 0.2) is 6.10 Å². The number of rotatable bonds is 6. The van der Waals surface area contributed by atoms with E-state index in [2.05, 4.69) is 22.2 Å². The second-order valence-electron chi connectivity index (χ2n) is 8.31. The van der Waals surface area contributed by atoms with Crippen molar-refractivity contribution in [3.8, 4) is 0 Å². The summed E-state index contributed by atoms with van der Waals surface area (Å²) in [7, 11) is 2.17. The lowest BCUT2D eigenvalue weighted by molar-refractivity contribution is -0.129. The van der Waals surface area contributed by atoms with E-state index >= 15 is 0 Å². The molecule has 0 radical (unpaired) electrons. The summed E-state index contributed by atoms with van der Waals surface area (Å²) in [5.74, 6) is -0.296. The van der Waals surface area contributed by atoms with E-state index in [4.69, 9.17) is 0 Å². The zero-order chi connectivity index (χ0) is 18.9. The monoisotopic (exact) mass is 367 g/mol. The number of nitrogens with zero attached hydrogens (tertiary/aromatic N) is 2. The molecular weight excluding hydrogens is 338 g/mol. The van der Waals surface area contributed by atoms with Crippen LogP contribution in [-0.4, -0.2) is 67.1 Å². The van der Waals surface area contributed by atoms with Crippen molar-refractivity contribution in [2.24, 2.45) is 5.41 Å². The van der Waals surface area contributed by atoms with Crippen molar-refractivity contribution in [2.75, 3.05) is 46.3 Å². The first kappa shape index (κ1) is 18.4. The van der Waals surface area contributed by atoms with Crippen LogP contribution in [0.25, 0.3) is 10.8 Å². The molecule has 0 aromatic heterocycles. The van der Waals surface area contributed by atoms with E-state index in [0.29, 0.717) is 12.1 Å². The predicted molar refractivity (Wildman–Crippen MR) is 108 cm³/mol. The number of nitrogens with one attached hydrogen (secondary N) is 1. The second kappa shape index (κ2) is 7.58. The van der Waals surface area contributed by atoms with E-state index in [9.17, 15) is 9.90 Å². The van der Waals surface area contributed by atoms with Crippen LogP contribution in [0.4, 0.5) is 0 Å². The topological polar surface area (TPSA) is 55.8 Å². The molecule has 2 aromatic carbocycles.